The zero-order valence-electron chi connectivity index (χ0n) is 27.6. The minimum absolute atomic E-state index is 0.0590. The smallest absolute Gasteiger partial charge is 0.127 e. The number of phenols is 1. The minimum atomic E-state index is -0.0590. The fourth-order valence-electron chi connectivity index (χ4n) is 7.18. The first-order valence-electron chi connectivity index (χ1n) is 16.5. The average molecular weight is 621 g/mol. The molecule has 2 heterocycles. The van der Waals surface area contributed by atoms with E-state index in [-0.39, 0.29) is 11.2 Å². The standard InChI is InChI=1S/C45H36N2O/c1-28-12-10-18-38(44(28)48)43-27-35(30-13-6-5-7-14-30)26-42(47-43)33-16-11-15-32(23-33)41-25-34(22-29(2)46-41)31-20-21-37-36-17-8-9-19-39(36)45(3,4)40(37)24-31/h5-27,48H,1-4H3. The van der Waals surface area contributed by atoms with Gasteiger partial charge in [-0.05, 0) is 106 Å². The van der Waals surface area contributed by atoms with Crippen LogP contribution in [0, 0.1) is 13.8 Å². The summed E-state index contributed by atoms with van der Waals surface area (Å²) in [5.74, 6) is 0.255. The van der Waals surface area contributed by atoms with Crippen LogP contribution in [0.1, 0.15) is 36.2 Å². The van der Waals surface area contributed by atoms with Crippen LogP contribution in [-0.4, -0.2) is 15.1 Å². The lowest BCUT2D eigenvalue weighted by molar-refractivity contribution is 0.473. The molecule has 1 aliphatic carbocycles. The predicted molar refractivity (Wildman–Crippen MR) is 198 cm³/mol. The Kier molecular flexibility index (Phi) is 7.07. The third kappa shape index (κ3) is 5.09. The van der Waals surface area contributed by atoms with Crippen LogP contribution in [0.5, 0.6) is 5.75 Å². The molecule has 0 saturated carbocycles. The third-order valence-corrected chi connectivity index (χ3v) is 9.77. The molecule has 5 aromatic carbocycles. The molecule has 3 nitrogen and oxygen atoms in total. The van der Waals surface area contributed by atoms with Crippen molar-refractivity contribution >= 4 is 0 Å². The van der Waals surface area contributed by atoms with Crippen molar-refractivity contribution in [2.45, 2.75) is 33.1 Å². The second-order valence-corrected chi connectivity index (χ2v) is 13.4. The number of benzene rings is 5. The maximum atomic E-state index is 11.0. The Bertz CT molecular complexity index is 2350. The van der Waals surface area contributed by atoms with Gasteiger partial charge in [0.2, 0.25) is 0 Å². The summed E-state index contributed by atoms with van der Waals surface area (Å²) in [6.07, 6.45) is 0. The summed E-state index contributed by atoms with van der Waals surface area (Å²) in [6, 6.07) is 48.8. The van der Waals surface area contributed by atoms with Crippen molar-refractivity contribution in [3.8, 4) is 72.9 Å². The number of aromatic hydroxyl groups is 1. The first-order chi connectivity index (χ1) is 23.3. The molecule has 48 heavy (non-hydrogen) atoms. The van der Waals surface area contributed by atoms with Gasteiger partial charge in [0.1, 0.15) is 5.75 Å². The fourth-order valence-corrected chi connectivity index (χ4v) is 7.18. The highest BCUT2D eigenvalue weighted by Crippen LogP contribution is 2.49. The summed E-state index contributed by atoms with van der Waals surface area (Å²) in [5.41, 5.74) is 16.8. The average Bonchev–Trinajstić information content (AvgIpc) is 3.35. The molecule has 0 amide bonds. The lowest BCUT2D eigenvalue weighted by Crippen LogP contribution is -2.14. The van der Waals surface area contributed by atoms with Crippen molar-refractivity contribution in [2.75, 3.05) is 0 Å². The molecule has 0 spiro atoms. The van der Waals surface area contributed by atoms with E-state index in [1.165, 1.54) is 27.8 Å². The van der Waals surface area contributed by atoms with Crippen LogP contribution in [-0.2, 0) is 5.41 Å². The molecule has 1 aliphatic rings. The zero-order chi connectivity index (χ0) is 33.0. The van der Waals surface area contributed by atoms with E-state index in [4.69, 9.17) is 9.97 Å². The molecule has 0 aliphatic heterocycles. The Hall–Kier alpha value is -5.80. The van der Waals surface area contributed by atoms with Crippen molar-refractivity contribution in [3.05, 3.63) is 162 Å². The highest BCUT2D eigenvalue weighted by molar-refractivity contribution is 5.85. The topological polar surface area (TPSA) is 46.0 Å². The Balaban J connectivity index is 1.21. The van der Waals surface area contributed by atoms with Gasteiger partial charge in [0.15, 0.2) is 0 Å². The van der Waals surface area contributed by atoms with Gasteiger partial charge in [0, 0.05) is 27.8 Å². The van der Waals surface area contributed by atoms with Crippen LogP contribution in [0.3, 0.4) is 0 Å². The van der Waals surface area contributed by atoms with Crippen molar-refractivity contribution in [3.63, 3.8) is 0 Å². The number of hydrogen-bond donors (Lipinski definition) is 1. The van der Waals surface area contributed by atoms with E-state index in [0.29, 0.717) is 0 Å². The number of para-hydroxylation sites is 1. The lowest BCUT2D eigenvalue weighted by atomic mass is 9.81. The summed E-state index contributed by atoms with van der Waals surface area (Å²) in [6.45, 7) is 8.62. The molecule has 0 fully saturated rings. The summed E-state index contributed by atoms with van der Waals surface area (Å²) in [7, 11) is 0. The quantitative estimate of drug-likeness (QED) is 0.208. The molecular formula is C45H36N2O. The van der Waals surface area contributed by atoms with Crippen molar-refractivity contribution in [1.82, 2.24) is 9.97 Å². The predicted octanol–water partition coefficient (Wildman–Crippen LogP) is 11.4. The van der Waals surface area contributed by atoms with Crippen LogP contribution in [0.2, 0.25) is 0 Å². The van der Waals surface area contributed by atoms with Crippen molar-refractivity contribution in [1.29, 1.82) is 0 Å². The summed E-state index contributed by atoms with van der Waals surface area (Å²) < 4.78 is 0. The second-order valence-electron chi connectivity index (χ2n) is 13.4. The van der Waals surface area contributed by atoms with E-state index in [1.54, 1.807) is 0 Å². The molecule has 8 rings (SSSR count). The maximum Gasteiger partial charge on any atom is 0.127 e. The first-order valence-corrected chi connectivity index (χ1v) is 16.5. The minimum Gasteiger partial charge on any atom is -0.507 e. The molecule has 1 N–H and O–H groups in total. The molecule has 0 atom stereocenters. The largest absolute Gasteiger partial charge is 0.507 e. The van der Waals surface area contributed by atoms with Gasteiger partial charge in [0.25, 0.3) is 0 Å². The summed E-state index contributed by atoms with van der Waals surface area (Å²) in [5, 5.41) is 11.0. The molecule has 3 heteroatoms. The number of pyridine rings is 2. The number of rotatable bonds is 5. The van der Waals surface area contributed by atoms with Gasteiger partial charge in [-0.2, -0.15) is 0 Å². The van der Waals surface area contributed by atoms with Gasteiger partial charge in [-0.3, -0.25) is 4.98 Å². The fraction of sp³-hybridized carbons (Fsp3) is 0.111. The van der Waals surface area contributed by atoms with Gasteiger partial charge in [-0.1, -0.05) is 111 Å². The Morgan fingerprint density at radius 2 is 1.04 bits per heavy atom. The highest BCUT2D eigenvalue weighted by atomic mass is 16.3. The zero-order valence-corrected chi connectivity index (χ0v) is 27.6. The Labute approximate surface area is 282 Å². The number of hydrogen-bond acceptors (Lipinski definition) is 3. The second kappa shape index (κ2) is 11.5. The van der Waals surface area contributed by atoms with Gasteiger partial charge in [-0.25, -0.2) is 4.98 Å². The van der Waals surface area contributed by atoms with Crippen LogP contribution >= 0.6 is 0 Å². The van der Waals surface area contributed by atoms with Crippen molar-refractivity contribution in [2.24, 2.45) is 0 Å². The van der Waals surface area contributed by atoms with E-state index >= 15 is 0 Å². The van der Waals surface area contributed by atoms with E-state index in [2.05, 4.69) is 124 Å². The van der Waals surface area contributed by atoms with Crippen LogP contribution in [0.4, 0.5) is 0 Å². The molecule has 0 bridgehead atoms. The summed E-state index contributed by atoms with van der Waals surface area (Å²) in [4.78, 5) is 10.1. The molecule has 232 valence electrons. The number of aromatic nitrogens is 2. The van der Waals surface area contributed by atoms with E-state index < -0.39 is 0 Å². The number of fused-ring (bicyclic) bond motifs is 3. The van der Waals surface area contributed by atoms with E-state index in [1.807, 2.05) is 43.3 Å². The molecule has 2 aromatic heterocycles. The maximum absolute atomic E-state index is 11.0. The molecule has 0 saturated heterocycles. The van der Waals surface area contributed by atoms with Gasteiger partial charge in [0.05, 0.1) is 17.1 Å². The molecule has 0 unspecified atom stereocenters. The monoisotopic (exact) mass is 620 g/mol. The SMILES string of the molecule is Cc1cc(-c2ccc3c(c2)C(C)(C)c2ccccc2-3)cc(-c2cccc(-c3cc(-c4ccccc4)cc(-c4cccc(C)c4O)n3)c2)n1. The summed E-state index contributed by atoms with van der Waals surface area (Å²) >= 11 is 0. The highest BCUT2D eigenvalue weighted by Gasteiger charge is 2.35. The van der Waals surface area contributed by atoms with Gasteiger partial charge in [-0.15, -0.1) is 0 Å². The van der Waals surface area contributed by atoms with Crippen LogP contribution in [0.25, 0.3) is 67.2 Å². The number of phenolic OH excluding ortho intramolecular Hbond substituents is 1. The number of nitrogens with zero attached hydrogens (tertiary/aromatic N) is 2. The molecule has 0 radical (unpaired) electrons. The van der Waals surface area contributed by atoms with Crippen LogP contribution < -0.4 is 0 Å². The first kappa shape index (κ1) is 29.6. The Morgan fingerprint density at radius 3 is 1.83 bits per heavy atom. The van der Waals surface area contributed by atoms with E-state index in [0.717, 1.165) is 61.7 Å². The van der Waals surface area contributed by atoms with Crippen molar-refractivity contribution < 1.29 is 5.11 Å². The normalized spacial score (nSPS) is 12.8. The third-order valence-electron chi connectivity index (χ3n) is 9.77. The number of aryl methyl sites for hydroxylation is 2. The molecule has 7 aromatic rings. The molecular weight excluding hydrogens is 585 g/mol. The van der Waals surface area contributed by atoms with Gasteiger partial charge >= 0.3 is 0 Å². The van der Waals surface area contributed by atoms with Crippen LogP contribution in [0.15, 0.2) is 140 Å². The Morgan fingerprint density at radius 1 is 0.438 bits per heavy atom. The van der Waals surface area contributed by atoms with Gasteiger partial charge < -0.3 is 5.11 Å². The van der Waals surface area contributed by atoms with E-state index in [9.17, 15) is 5.11 Å². The lowest BCUT2D eigenvalue weighted by Gasteiger charge is -2.22.